The number of amides is 2. The van der Waals surface area contributed by atoms with Crippen molar-refractivity contribution in [3.63, 3.8) is 0 Å². The SMILES string of the molecule is N=NN(Br)C(=O)N1CCCCC1Cc1ccccc1. The molecule has 1 aliphatic heterocycles. The lowest BCUT2D eigenvalue weighted by Crippen LogP contribution is -2.47. The van der Waals surface area contributed by atoms with Gasteiger partial charge < -0.3 is 4.90 Å². The Morgan fingerprint density at radius 2 is 2.16 bits per heavy atom. The number of nitrogens with zero attached hydrogens (tertiary/aromatic N) is 3. The van der Waals surface area contributed by atoms with Crippen LogP contribution >= 0.6 is 16.1 Å². The third kappa shape index (κ3) is 3.53. The second-order valence-corrected chi connectivity index (χ2v) is 5.35. The fourth-order valence-corrected chi connectivity index (χ4v) is 2.70. The van der Waals surface area contributed by atoms with Gasteiger partial charge >= 0.3 is 6.03 Å². The number of piperidine rings is 1. The van der Waals surface area contributed by atoms with Gasteiger partial charge in [0, 0.05) is 12.6 Å². The maximum absolute atomic E-state index is 12.1. The second kappa shape index (κ2) is 6.65. The summed E-state index contributed by atoms with van der Waals surface area (Å²) in [6.45, 7) is 0.730. The molecule has 1 unspecified atom stereocenters. The van der Waals surface area contributed by atoms with E-state index >= 15 is 0 Å². The molecule has 1 aromatic rings. The summed E-state index contributed by atoms with van der Waals surface area (Å²) in [6, 6.07) is 10.1. The Bertz CT molecular complexity index is 440. The maximum Gasteiger partial charge on any atom is 0.352 e. The van der Waals surface area contributed by atoms with E-state index in [0.29, 0.717) is 0 Å². The van der Waals surface area contributed by atoms with E-state index in [2.05, 4.69) is 33.5 Å². The third-order valence-corrected chi connectivity index (χ3v) is 3.89. The van der Waals surface area contributed by atoms with E-state index in [9.17, 15) is 4.79 Å². The van der Waals surface area contributed by atoms with Crippen LogP contribution in [-0.4, -0.2) is 27.6 Å². The van der Waals surface area contributed by atoms with Gasteiger partial charge in [0.2, 0.25) is 0 Å². The molecule has 0 bridgehead atoms. The number of benzene rings is 1. The van der Waals surface area contributed by atoms with Gasteiger partial charge in [-0.25, -0.2) is 4.79 Å². The smallest absolute Gasteiger partial charge is 0.319 e. The third-order valence-electron chi connectivity index (χ3n) is 3.43. The molecule has 1 N–H and O–H groups in total. The first-order valence-electron chi connectivity index (χ1n) is 6.40. The molecule has 1 aromatic carbocycles. The number of carbonyl (C=O) groups is 1. The molecular weight excluding hydrogens is 308 g/mol. The number of nitrogens with one attached hydrogen (secondary N) is 1. The zero-order valence-electron chi connectivity index (χ0n) is 10.6. The van der Waals surface area contributed by atoms with Crippen LogP contribution < -0.4 is 0 Å². The summed E-state index contributed by atoms with van der Waals surface area (Å²) in [7, 11) is 0. The molecule has 1 heterocycles. The minimum absolute atomic E-state index is 0.186. The number of urea groups is 1. The number of hydrogen-bond acceptors (Lipinski definition) is 3. The summed E-state index contributed by atoms with van der Waals surface area (Å²) in [6.07, 6.45) is 4.00. The first-order chi connectivity index (χ1) is 9.22. The molecule has 1 saturated heterocycles. The fourth-order valence-electron chi connectivity index (χ4n) is 2.50. The molecule has 0 radical (unpaired) electrons. The van der Waals surface area contributed by atoms with Gasteiger partial charge in [0.15, 0.2) is 0 Å². The molecule has 1 aliphatic rings. The van der Waals surface area contributed by atoms with Crippen molar-refractivity contribution in [2.75, 3.05) is 6.54 Å². The Kier molecular flexibility index (Phi) is 4.90. The van der Waals surface area contributed by atoms with Gasteiger partial charge in [-0.15, -0.1) is 4.03 Å². The molecule has 0 saturated carbocycles. The fraction of sp³-hybridized carbons (Fsp3) is 0.462. The van der Waals surface area contributed by atoms with Crippen LogP contribution in [0.25, 0.3) is 0 Å². The Balaban J connectivity index is 2.08. The van der Waals surface area contributed by atoms with Crippen LogP contribution in [0.15, 0.2) is 35.6 Å². The van der Waals surface area contributed by atoms with E-state index in [-0.39, 0.29) is 12.1 Å². The molecule has 6 heteroatoms. The summed E-state index contributed by atoms with van der Waals surface area (Å²) < 4.78 is 0.913. The van der Waals surface area contributed by atoms with Crippen LogP contribution in [0, 0.1) is 5.53 Å². The molecule has 102 valence electrons. The molecule has 0 spiro atoms. The molecule has 2 amide bonds. The average Bonchev–Trinajstić information content (AvgIpc) is 2.47. The maximum atomic E-state index is 12.1. The van der Waals surface area contributed by atoms with E-state index in [1.807, 2.05) is 23.1 Å². The quantitative estimate of drug-likeness (QED) is 0.513. The number of likely N-dealkylation sites (tertiary alicyclic amines) is 1. The molecule has 1 fully saturated rings. The molecule has 0 aromatic heterocycles. The van der Waals surface area contributed by atoms with Crippen LogP contribution in [-0.2, 0) is 6.42 Å². The number of rotatable bonds is 3. The normalized spacial score (nSPS) is 19.0. The Morgan fingerprint density at radius 3 is 2.84 bits per heavy atom. The van der Waals surface area contributed by atoms with Gasteiger partial charge in [-0.05, 0) is 31.2 Å². The number of halogens is 1. The van der Waals surface area contributed by atoms with Gasteiger partial charge in [-0.3, -0.25) is 0 Å². The molecule has 2 rings (SSSR count). The summed E-state index contributed by atoms with van der Waals surface area (Å²) in [4.78, 5) is 13.9. The van der Waals surface area contributed by atoms with Gasteiger partial charge in [0.05, 0.1) is 16.1 Å². The van der Waals surface area contributed by atoms with E-state index in [1.165, 1.54) is 5.56 Å². The van der Waals surface area contributed by atoms with Gasteiger partial charge in [0.25, 0.3) is 0 Å². The Morgan fingerprint density at radius 1 is 1.42 bits per heavy atom. The highest BCUT2D eigenvalue weighted by molar-refractivity contribution is 9.07. The molecule has 19 heavy (non-hydrogen) atoms. The first-order valence-corrected chi connectivity index (χ1v) is 7.11. The summed E-state index contributed by atoms with van der Waals surface area (Å²) in [5.74, 6) is 0. The van der Waals surface area contributed by atoms with Gasteiger partial charge in [0.1, 0.15) is 0 Å². The van der Waals surface area contributed by atoms with E-state index in [1.54, 1.807) is 0 Å². The van der Waals surface area contributed by atoms with E-state index < -0.39 is 0 Å². The van der Waals surface area contributed by atoms with Crippen molar-refractivity contribution in [3.8, 4) is 0 Å². The van der Waals surface area contributed by atoms with Crippen LogP contribution in [0.1, 0.15) is 24.8 Å². The lowest BCUT2D eigenvalue weighted by atomic mass is 9.96. The number of carbonyl (C=O) groups excluding carboxylic acids is 1. The predicted molar refractivity (Wildman–Crippen MR) is 75.8 cm³/mol. The van der Waals surface area contributed by atoms with Crippen molar-refractivity contribution < 1.29 is 4.79 Å². The van der Waals surface area contributed by atoms with E-state index in [0.717, 1.165) is 36.3 Å². The second-order valence-electron chi connectivity index (χ2n) is 4.68. The molecule has 1 atom stereocenters. The lowest BCUT2D eigenvalue weighted by molar-refractivity contribution is 0.136. The van der Waals surface area contributed by atoms with Crippen LogP contribution in [0.5, 0.6) is 0 Å². The minimum atomic E-state index is -0.254. The molecular formula is C13H17BrN4O. The standard InChI is InChI=1S/C13H17BrN4O/c14-18(16-15)13(19)17-9-5-4-8-12(17)10-11-6-2-1-3-7-11/h1-3,6-7,12,15H,4-5,8-10H2. The lowest BCUT2D eigenvalue weighted by Gasteiger charge is -2.36. The summed E-state index contributed by atoms with van der Waals surface area (Å²) in [5, 5.41) is 3.11. The zero-order valence-corrected chi connectivity index (χ0v) is 12.2. The molecule has 5 nitrogen and oxygen atoms in total. The summed E-state index contributed by atoms with van der Waals surface area (Å²) in [5.41, 5.74) is 8.13. The van der Waals surface area contributed by atoms with Crippen molar-refractivity contribution in [1.82, 2.24) is 8.93 Å². The average molecular weight is 325 g/mol. The highest BCUT2D eigenvalue weighted by Gasteiger charge is 2.29. The van der Waals surface area contributed by atoms with Crippen molar-refractivity contribution in [2.24, 2.45) is 5.22 Å². The number of hydrogen-bond donors (Lipinski definition) is 1. The van der Waals surface area contributed by atoms with E-state index in [4.69, 9.17) is 5.53 Å². The van der Waals surface area contributed by atoms with Crippen molar-refractivity contribution in [3.05, 3.63) is 35.9 Å². The predicted octanol–water partition coefficient (Wildman–Crippen LogP) is 3.76. The Hall–Kier alpha value is -1.43. The van der Waals surface area contributed by atoms with Crippen LogP contribution in [0.4, 0.5) is 4.79 Å². The topological polar surface area (TPSA) is 59.8 Å². The van der Waals surface area contributed by atoms with Gasteiger partial charge in [-0.2, -0.15) is 5.53 Å². The monoisotopic (exact) mass is 324 g/mol. The van der Waals surface area contributed by atoms with Gasteiger partial charge in [-0.1, -0.05) is 35.6 Å². The highest BCUT2D eigenvalue weighted by atomic mass is 79.9. The van der Waals surface area contributed by atoms with Crippen LogP contribution in [0.3, 0.4) is 0 Å². The molecule has 0 aliphatic carbocycles. The first kappa shape index (κ1) is 14.0. The summed E-state index contributed by atoms with van der Waals surface area (Å²) >= 11 is 2.98. The largest absolute Gasteiger partial charge is 0.352 e. The highest BCUT2D eigenvalue weighted by Crippen LogP contribution is 2.23. The zero-order chi connectivity index (χ0) is 13.7. The Labute approximate surface area is 121 Å². The minimum Gasteiger partial charge on any atom is -0.319 e. The van der Waals surface area contributed by atoms with Crippen LogP contribution in [0.2, 0.25) is 0 Å². The van der Waals surface area contributed by atoms with Crippen molar-refractivity contribution >= 4 is 22.2 Å². The van der Waals surface area contributed by atoms with Crippen molar-refractivity contribution in [1.29, 1.82) is 5.53 Å². The van der Waals surface area contributed by atoms with Crippen molar-refractivity contribution in [2.45, 2.75) is 31.7 Å².